The molecule has 0 bridgehead atoms. The van der Waals surface area contributed by atoms with Gasteiger partial charge < -0.3 is 0 Å². The molecule has 12 heavy (non-hydrogen) atoms. The molecule has 1 heterocycles. The molecular formula is C5F3NOS2. The Kier molecular flexibility index (Phi) is 2.21. The first kappa shape index (κ1) is 9.22. The fourth-order valence-corrected chi connectivity index (χ4v) is 2.30. The van der Waals surface area contributed by atoms with Gasteiger partial charge in [0.05, 0.1) is 0 Å². The van der Waals surface area contributed by atoms with Crippen molar-refractivity contribution in [2.24, 2.45) is 0 Å². The summed E-state index contributed by atoms with van der Waals surface area (Å²) >= 11 is 0.384. The molecule has 0 saturated carbocycles. The summed E-state index contributed by atoms with van der Waals surface area (Å²) in [6.45, 7) is 0. The lowest BCUT2D eigenvalue weighted by molar-refractivity contribution is -0.134. The Morgan fingerprint density at radius 2 is 1.92 bits per heavy atom. The van der Waals surface area contributed by atoms with Crippen LogP contribution in [-0.2, 0) is 6.18 Å². The van der Waals surface area contributed by atoms with Crippen LogP contribution in [0.1, 0.15) is 9.75 Å². The molecular weight excluding hydrogens is 211 g/mol. The van der Waals surface area contributed by atoms with Crippen LogP contribution in [0.2, 0.25) is 0 Å². The van der Waals surface area contributed by atoms with Gasteiger partial charge >= 0.3 is 6.18 Å². The minimum atomic E-state index is -4.59. The lowest BCUT2D eigenvalue weighted by atomic mass is 10.4. The number of nitriles is 1. The number of hydrogen-bond acceptors (Lipinski definition) is 4. The van der Waals surface area contributed by atoms with Gasteiger partial charge in [-0.05, 0) is 0 Å². The van der Waals surface area contributed by atoms with Gasteiger partial charge in [0, 0.05) is 0 Å². The zero-order chi connectivity index (χ0) is 9.35. The second-order valence-electron chi connectivity index (χ2n) is 1.72. The quantitative estimate of drug-likeness (QED) is 0.659. The highest BCUT2D eigenvalue weighted by molar-refractivity contribution is 7.27. The molecule has 0 aromatic carbocycles. The number of rotatable bonds is 0. The molecule has 0 aliphatic rings. The van der Waals surface area contributed by atoms with Gasteiger partial charge in [-0.1, -0.05) is 22.7 Å². The van der Waals surface area contributed by atoms with Crippen molar-refractivity contribution in [2.75, 3.05) is 0 Å². The Hall–Kier alpha value is -0.870. The average molecular weight is 211 g/mol. The van der Waals surface area contributed by atoms with Gasteiger partial charge in [-0.25, -0.2) is 0 Å². The predicted octanol–water partition coefficient (Wildman–Crippen LogP) is 2.06. The van der Waals surface area contributed by atoms with Crippen LogP contribution in [-0.4, -0.2) is 0 Å². The van der Waals surface area contributed by atoms with Gasteiger partial charge in [0.25, 0.3) is 4.06 Å². The van der Waals surface area contributed by atoms with Crippen molar-refractivity contribution in [3.05, 3.63) is 18.6 Å². The summed E-state index contributed by atoms with van der Waals surface area (Å²) < 4.78 is 35.2. The second-order valence-corrected chi connectivity index (χ2v) is 3.95. The Morgan fingerprint density at radius 1 is 1.33 bits per heavy atom. The van der Waals surface area contributed by atoms with Crippen molar-refractivity contribution in [2.45, 2.75) is 6.18 Å². The van der Waals surface area contributed by atoms with E-state index in [2.05, 4.69) is 0 Å². The number of nitrogens with zero attached hydrogens (tertiary/aromatic N) is 1. The lowest BCUT2D eigenvalue weighted by Crippen LogP contribution is -2.03. The zero-order valence-electron chi connectivity index (χ0n) is 5.31. The highest BCUT2D eigenvalue weighted by Crippen LogP contribution is 2.35. The van der Waals surface area contributed by atoms with E-state index in [1.165, 1.54) is 6.07 Å². The molecule has 0 spiro atoms. The van der Waals surface area contributed by atoms with Crippen molar-refractivity contribution < 1.29 is 13.2 Å². The van der Waals surface area contributed by atoms with Gasteiger partial charge in [-0.15, -0.1) is 0 Å². The molecule has 0 amide bonds. The van der Waals surface area contributed by atoms with Crippen LogP contribution in [0, 0.1) is 11.3 Å². The second kappa shape index (κ2) is 2.88. The Bertz CT molecular complexity index is 383. The zero-order valence-corrected chi connectivity index (χ0v) is 6.94. The molecule has 1 rings (SSSR count). The molecule has 2 nitrogen and oxygen atoms in total. The molecule has 0 atom stereocenters. The van der Waals surface area contributed by atoms with Crippen LogP contribution < -0.4 is 4.06 Å². The van der Waals surface area contributed by atoms with Gasteiger partial charge in [0.2, 0.25) is 0 Å². The van der Waals surface area contributed by atoms with E-state index < -0.39 is 20.0 Å². The molecule has 0 aliphatic carbocycles. The number of alkyl halides is 3. The van der Waals surface area contributed by atoms with E-state index in [1.54, 1.807) is 0 Å². The molecule has 0 radical (unpaired) electrons. The lowest BCUT2D eigenvalue weighted by Gasteiger charge is -2.00. The van der Waals surface area contributed by atoms with E-state index >= 15 is 0 Å². The molecule has 0 aliphatic heterocycles. The van der Waals surface area contributed by atoms with Crippen LogP contribution in [0.25, 0.3) is 0 Å². The third kappa shape index (κ3) is 1.65. The number of hydrogen-bond donors (Lipinski definition) is 0. The van der Waals surface area contributed by atoms with E-state index in [-0.39, 0.29) is 11.3 Å². The molecule has 0 fully saturated rings. The highest BCUT2D eigenvalue weighted by Gasteiger charge is 2.36. The highest BCUT2D eigenvalue weighted by atomic mass is 32.2. The summed E-state index contributed by atoms with van der Waals surface area (Å²) in [5, 5.41) is 8.22. The minimum Gasteiger partial charge on any atom is -0.265 e. The summed E-state index contributed by atoms with van der Waals surface area (Å²) in [5.41, 5.74) is 0. The van der Waals surface area contributed by atoms with Crippen LogP contribution in [0.5, 0.6) is 0 Å². The molecule has 1 aromatic rings. The summed E-state index contributed by atoms with van der Waals surface area (Å²) in [6.07, 6.45) is -4.59. The smallest absolute Gasteiger partial charge is 0.265 e. The third-order valence-corrected chi connectivity index (χ3v) is 3.04. The van der Waals surface area contributed by atoms with E-state index in [9.17, 15) is 18.0 Å². The summed E-state index contributed by atoms with van der Waals surface area (Å²) in [7, 11) is 0. The van der Waals surface area contributed by atoms with Crippen molar-refractivity contribution in [1.82, 2.24) is 0 Å². The first-order valence-electron chi connectivity index (χ1n) is 2.56. The van der Waals surface area contributed by atoms with Crippen molar-refractivity contribution in [1.29, 1.82) is 5.26 Å². The van der Waals surface area contributed by atoms with Crippen molar-refractivity contribution >= 4 is 22.7 Å². The molecule has 64 valence electrons. The first-order chi connectivity index (χ1) is 5.45. The van der Waals surface area contributed by atoms with Crippen LogP contribution in [0.4, 0.5) is 13.2 Å². The van der Waals surface area contributed by atoms with E-state index in [4.69, 9.17) is 5.26 Å². The predicted molar refractivity (Wildman–Crippen MR) is 38.2 cm³/mol. The summed E-state index contributed by atoms with van der Waals surface area (Å²) in [5.74, 6) is 0. The average Bonchev–Trinajstić information content (AvgIpc) is 2.29. The first-order valence-corrected chi connectivity index (χ1v) is 4.19. The van der Waals surface area contributed by atoms with Gasteiger partial charge in [0.15, 0.2) is 0 Å². The Morgan fingerprint density at radius 3 is 2.25 bits per heavy atom. The Balaban J connectivity index is 3.35. The maximum Gasteiger partial charge on any atom is 0.427 e. The van der Waals surface area contributed by atoms with Crippen molar-refractivity contribution in [3.8, 4) is 6.07 Å². The van der Waals surface area contributed by atoms with E-state index in [0.29, 0.717) is 11.3 Å². The summed E-state index contributed by atoms with van der Waals surface area (Å²) in [6, 6.07) is 1.33. The van der Waals surface area contributed by atoms with Crippen LogP contribution in [0.15, 0.2) is 4.79 Å². The Labute approximate surface area is 72.5 Å². The van der Waals surface area contributed by atoms with E-state index in [1.807, 2.05) is 0 Å². The van der Waals surface area contributed by atoms with Gasteiger partial charge in [-0.3, -0.25) is 4.79 Å². The third-order valence-electron chi connectivity index (χ3n) is 0.936. The largest absolute Gasteiger partial charge is 0.427 e. The van der Waals surface area contributed by atoms with Gasteiger partial charge in [-0.2, -0.15) is 18.4 Å². The van der Waals surface area contributed by atoms with Gasteiger partial charge in [0.1, 0.15) is 15.8 Å². The van der Waals surface area contributed by atoms with E-state index in [0.717, 1.165) is 0 Å². The molecule has 1 aromatic heterocycles. The normalized spacial score (nSPS) is 11.2. The SMILES string of the molecule is N#Cc1sc(=O)sc1C(F)(F)F. The molecule has 0 N–H and O–H groups in total. The number of halogens is 3. The fraction of sp³-hybridized carbons (Fsp3) is 0.200. The molecule has 0 saturated heterocycles. The maximum atomic E-state index is 12.0. The summed E-state index contributed by atoms with van der Waals surface area (Å²) in [4.78, 5) is 8.85. The van der Waals surface area contributed by atoms with Crippen molar-refractivity contribution in [3.63, 3.8) is 0 Å². The fourth-order valence-electron chi connectivity index (χ4n) is 0.540. The molecule has 0 unspecified atom stereocenters. The standard InChI is InChI=1S/C5F3NOS2/c6-5(7,8)3-2(1-9)11-4(10)12-3. The molecule has 7 heteroatoms. The van der Waals surface area contributed by atoms with Crippen LogP contribution in [0.3, 0.4) is 0 Å². The minimum absolute atomic E-state index is 0.0613. The van der Waals surface area contributed by atoms with Crippen LogP contribution >= 0.6 is 22.7 Å². The topological polar surface area (TPSA) is 40.9 Å². The monoisotopic (exact) mass is 211 g/mol. The maximum absolute atomic E-state index is 12.0.